The molecule has 1 saturated carbocycles. The minimum Gasteiger partial charge on any atom is -0.341 e. The molecule has 2 unspecified atom stereocenters. The van der Waals surface area contributed by atoms with Gasteiger partial charge < -0.3 is 16.0 Å². The van der Waals surface area contributed by atoms with Gasteiger partial charge in [0.05, 0.1) is 0 Å². The molecule has 2 amide bonds. The van der Waals surface area contributed by atoms with Crippen LogP contribution in [0.15, 0.2) is 0 Å². The molecule has 0 aromatic heterocycles. The van der Waals surface area contributed by atoms with Crippen LogP contribution in [0.1, 0.15) is 0 Å². The van der Waals surface area contributed by atoms with Gasteiger partial charge in [-0.2, -0.15) is 0 Å². The number of rotatable bonds is 1. The van der Waals surface area contributed by atoms with E-state index < -0.39 is 0 Å². The van der Waals surface area contributed by atoms with Crippen molar-refractivity contribution in [1.82, 2.24) is 16.0 Å². The van der Waals surface area contributed by atoms with Crippen molar-refractivity contribution in [2.75, 3.05) is 20.1 Å². The van der Waals surface area contributed by atoms with Gasteiger partial charge in [-0.1, -0.05) is 0 Å². The Kier molecular flexibility index (Phi) is 1.49. The monoisotopic (exact) mass is 155 g/mol. The maximum Gasteiger partial charge on any atom is 0.314 e. The van der Waals surface area contributed by atoms with Crippen LogP contribution in [-0.2, 0) is 0 Å². The van der Waals surface area contributed by atoms with E-state index in [2.05, 4.69) is 16.0 Å². The van der Waals surface area contributed by atoms with E-state index in [-0.39, 0.29) is 6.03 Å². The predicted molar refractivity (Wildman–Crippen MR) is 41.2 cm³/mol. The summed E-state index contributed by atoms with van der Waals surface area (Å²) < 4.78 is 0. The molecule has 1 saturated heterocycles. The molecule has 2 atom stereocenters. The molecule has 4 heteroatoms. The fourth-order valence-electron chi connectivity index (χ4n) is 1.86. The Hall–Kier alpha value is -0.770. The van der Waals surface area contributed by atoms with E-state index in [1.54, 1.807) is 7.05 Å². The summed E-state index contributed by atoms with van der Waals surface area (Å²) in [5.41, 5.74) is 0. The number of fused-ring (bicyclic) bond motifs is 1. The fraction of sp³-hybridized carbons (Fsp3) is 0.857. The molecule has 2 fully saturated rings. The molecule has 62 valence electrons. The third-order valence-electron chi connectivity index (χ3n) is 2.62. The van der Waals surface area contributed by atoms with Crippen molar-refractivity contribution in [2.24, 2.45) is 11.8 Å². The second kappa shape index (κ2) is 2.37. The van der Waals surface area contributed by atoms with Crippen LogP contribution in [0.4, 0.5) is 4.79 Å². The molecule has 11 heavy (non-hydrogen) atoms. The standard InChI is InChI=1S/C7H13N3O/c1-8-7(11)10-6-4-2-9-3-5(4)6/h4-6,9H,2-3H2,1H3,(H2,8,10,11). The summed E-state index contributed by atoms with van der Waals surface area (Å²) in [7, 11) is 1.64. The molecule has 0 aromatic rings. The number of carbonyl (C=O) groups excluding carboxylic acids is 1. The first-order valence-corrected chi connectivity index (χ1v) is 4.02. The van der Waals surface area contributed by atoms with Crippen LogP contribution >= 0.6 is 0 Å². The molecule has 0 spiro atoms. The molecule has 3 N–H and O–H groups in total. The number of nitrogens with one attached hydrogen (secondary N) is 3. The SMILES string of the molecule is CNC(=O)NC1C2CNCC21. The average molecular weight is 155 g/mol. The van der Waals surface area contributed by atoms with Gasteiger partial charge in [-0.3, -0.25) is 0 Å². The molecule has 2 aliphatic rings. The minimum atomic E-state index is -0.0515. The van der Waals surface area contributed by atoms with Gasteiger partial charge in [-0.25, -0.2) is 4.79 Å². The number of hydrogen-bond acceptors (Lipinski definition) is 2. The van der Waals surface area contributed by atoms with Crippen LogP contribution in [0.5, 0.6) is 0 Å². The second-order valence-corrected chi connectivity index (χ2v) is 3.24. The van der Waals surface area contributed by atoms with E-state index in [9.17, 15) is 4.79 Å². The third-order valence-corrected chi connectivity index (χ3v) is 2.62. The maximum absolute atomic E-state index is 10.9. The van der Waals surface area contributed by atoms with Crippen LogP contribution in [0.25, 0.3) is 0 Å². The van der Waals surface area contributed by atoms with E-state index >= 15 is 0 Å². The highest BCUT2D eigenvalue weighted by atomic mass is 16.2. The lowest BCUT2D eigenvalue weighted by atomic mass is 10.4. The molecule has 4 nitrogen and oxygen atoms in total. The van der Waals surface area contributed by atoms with E-state index in [1.807, 2.05) is 0 Å². The van der Waals surface area contributed by atoms with Gasteiger partial charge in [-0.05, 0) is 11.8 Å². The van der Waals surface area contributed by atoms with Crippen molar-refractivity contribution in [3.8, 4) is 0 Å². The first kappa shape index (κ1) is 6.91. The summed E-state index contributed by atoms with van der Waals surface area (Å²) in [6.45, 7) is 2.14. The van der Waals surface area contributed by atoms with Crippen molar-refractivity contribution < 1.29 is 4.79 Å². The van der Waals surface area contributed by atoms with Crippen LogP contribution in [-0.4, -0.2) is 32.2 Å². The van der Waals surface area contributed by atoms with Crippen molar-refractivity contribution in [1.29, 1.82) is 0 Å². The number of hydrogen-bond donors (Lipinski definition) is 3. The highest BCUT2D eigenvalue weighted by Crippen LogP contribution is 2.41. The Morgan fingerprint density at radius 2 is 2.09 bits per heavy atom. The zero-order valence-electron chi connectivity index (χ0n) is 6.55. The molecule has 2 rings (SSSR count). The fourth-order valence-corrected chi connectivity index (χ4v) is 1.86. The van der Waals surface area contributed by atoms with Crippen LogP contribution in [0.3, 0.4) is 0 Å². The van der Waals surface area contributed by atoms with Crippen LogP contribution < -0.4 is 16.0 Å². The number of amides is 2. The van der Waals surface area contributed by atoms with E-state index in [0.29, 0.717) is 17.9 Å². The molecule has 0 aromatic carbocycles. The number of carbonyl (C=O) groups is 1. The van der Waals surface area contributed by atoms with E-state index in [0.717, 1.165) is 13.1 Å². The summed E-state index contributed by atoms with van der Waals surface area (Å²) in [5.74, 6) is 1.40. The van der Waals surface area contributed by atoms with Gasteiger partial charge >= 0.3 is 6.03 Å². The van der Waals surface area contributed by atoms with Crippen LogP contribution in [0, 0.1) is 11.8 Å². The molecular formula is C7H13N3O. The topological polar surface area (TPSA) is 53.2 Å². The van der Waals surface area contributed by atoms with Crippen molar-refractivity contribution in [2.45, 2.75) is 6.04 Å². The Morgan fingerprint density at radius 3 is 2.64 bits per heavy atom. The summed E-state index contributed by atoms with van der Waals surface area (Å²) in [5, 5.41) is 8.74. The highest BCUT2D eigenvalue weighted by Gasteiger charge is 2.53. The van der Waals surface area contributed by atoms with E-state index in [1.165, 1.54) is 0 Å². The van der Waals surface area contributed by atoms with Crippen molar-refractivity contribution in [3.05, 3.63) is 0 Å². The van der Waals surface area contributed by atoms with Gasteiger partial charge in [0.15, 0.2) is 0 Å². The Morgan fingerprint density at radius 1 is 1.45 bits per heavy atom. The zero-order valence-corrected chi connectivity index (χ0v) is 6.55. The lowest BCUT2D eigenvalue weighted by Gasteiger charge is -2.05. The largest absolute Gasteiger partial charge is 0.341 e. The molecule has 0 bridgehead atoms. The van der Waals surface area contributed by atoms with Gasteiger partial charge in [0.1, 0.15) is 0 Å². The normalized spacial score (nSPS) is 39.5. The molecule has 1 aliphatic heterocycles. The lowest BCUT2D eigenvalue weighted by Crippen LogP contribution is -2.38. The number of piperidine rings is 1. The second-order valence-electron chi connectivity index (χ2n) is 3.24. The zero-order chi connectivity index (χ0) is 7.84. The quantitative estimate of drug-likeness (QED) is 0.461. The summed E-state index contributed by atoms with van der Waals surface area (Å²) >= 11 is 0. The van der Waals surface area contributed by atoms with Gasteiger partial charge in [0.25, 0.3) is 0 Å². The van der Waals surface area contributed by atoms with Gasteiger partial charge in [-0.15, -0.1) is 0 Å². The van der Waals surface area contributed by atoms with Crippen molar-refractivity contribution >= 4 is 6.03 Å². The smallest absolute Gasteiger partial charge is 0.314 e. The predicted octanol–water partition coefficient (Wildman–Crippen LogP) is -0.867. The van der Waals surface area contributed by atoms with Gasteiger partial charge in [0, 0.05) is 26.2 Å². The van der Waals surface area contributed by atoms with E-state index in [4.69, 9.17) is 0 Å². The number of urea groups is 1. The summed E-state index contributed by atoms with van der Waals surface area (Å²) in [6.07, 6.45) is 0. The third kappa shape index (κ3) is 1.07. The maximum atomic E-state index is 10.9. The first-order valence-electron chi connectivity index (χ1n) is 4.02. The Bertz CT molecular complexity index is 173. The average Bonchev–Trinajstić information content (AvgIpc) is 2.52. The van der Waals surface area contributed by atoms with Gasteiger partial charge in [0.2, 0.25) is 0 Å². The Balaban J connectivity index is 1.79. The minimum absolute atomic E-state index is 0.0515. The molecule has 0 radical (unpaired) electrons. The first-order chi connectivity index (χ1) is 5.33. The summed E-state index contributed by atoms with van der Waals surface area (Å²) in [4.78, 5) is 10.9. The molecule has 1 aliphatic carbocycles. The Labute approximate surface area is 65.7 Å². The van der Waals surface area contributed by atoms with Crippen molar-refractivity contribution in [3.63, 3.8) is 0 Å². The molecular weight excluding hydrogens is 142 g/mol. The molecule has 1 heterocycles. The van der Waals surface area contributed by atoms with Crippen LogP contribution in [0.2, 0.25) is 0 Å². The summed E-state index contributed by atoms with van der Waals surface area (Å²) in [6, 6.07) is 0.389. The highest BCUT2D eigenvalue weighted by molar-refractivity contribution is 5.74. The lowest BCUT2D eigenvalue weighted by molar-refractivity contribution is 0.241.